The normalized spacial score (nSPS) is 10.4. The third-order valence-corrected chi connectivity index (χ3v) is 3.39. The summed E-state index contributed by atoms with van der Waals surface area (Å²) in [6, 6.07) is 19.0. The summed E-state index contributed by atoms with van der Waals surface area (Å²) in [6.07, 6.45) is 0. The maximum atomic E-state index is 11.5. The molecule has 4 nitrogen and oxygen atoms in total. The third kappa shape index (κ3) is 3.06. The number of amides is 1. The molecule has 1 N–H and O–H groups in total. The topological polar surface area (TPSA) is 51.2 Å². The second-order valence-electron chi connectivity index (χ2n) is 4.89. The van der Waals surface area contributed by atoms with E-state index >= 15 is 0 Å². The molecule has 0 fully saturated rings. The molecule has 1 amide bonds. The van der Waals surface area contributed by atoms with Crippen LogP contribution in [0.1, 0.15) is 16.1 Å². The summed E-state index contributed by atoms with van der Waals surface area (Å²) in [6.45, 7) is 0.393. The molecule has 2 aromatic carbocycles. The van der Waals surface area contributed by atoms with Crippen LogP contribution in [0.25, 0.3) is 10.9 Å². The van der Waals surface area contributed by atoms with Gasteiger partial charge in [0.1, 0.15) is 12.4 Å². The standard InChI is InChI=1S/C18H16N2O2/c1-19-18(21)14-7-10-16(11-8-14)22-12-15-9-6-13-4-2-3-5-17(13)20-15/h2-11H,12H2,1H3,(H,19,21). The fourth-order valence-electron chi connectivity index (χ4n) is 2.19. The Bertz CT molecular complexity index is 798. The zero-order valence-corrected chi connectivity index (χ0v) is 12.2. The molecule has 0 saturated carbocycles. The van der Waals surface area contributed by atoms with Gasteiger partial charge in [0.05, 0.1) is 11.2 Å². The molecule has 0 unspecified atom stereocenters. The summed E-state index contributed by atoms with van der Waals surface area (Å²) in [5, 5.41) is 3.70. The molecule has 110 valence electrons. The number of nitrogens with one attached hydrogen (secondary N) is 1. The average Bonchev–Trinajstić information content (AvgIpc) is 2.59. The highest BCUT2D eigenvalue weighted by molar-refractivity contribution is 5.94. The number of rotatable bonds is 4. The van der Waals surface area contributed by atoms with Gasteiger partial charge in [-0.15, -0.1) is 0 Å². The third-order valence-electron chi connectivity index (χ3n) is 3.39. The summed E-state index contributed by atoms with van der Waals surface area (Å²) in [7, 11) is 1.61. The van der Waals surface area contributed by atoms with Gasteiger partial charge in [-0.25, -0.2) is 4.98 Å². The van der Waals surface area contributed by atoms with Crippen LogP contribution in [0.3, 0.4) is 0 Å². The predicted molar refractivity (Wildman–Crippen MR) is 85.9 cm³/mol. The van der Waals surface area contributed by atoms with Gasteiger partial charge in [0, 0.05) is 18.0 Å². The predicted octanol–water partition coefficient (Wildman–Crippen LogP) is 3.17. The zero-order chi connectivity index (χ0) is 15.4. The van der Waals surface area contributed by atoms with Gasteiger partial charge in [-0.05, 0) is 36.4 Å². The molecule has 0 bridgehead atoms. The van der Waals surface area contributed by atoms with E-state index in [4.69, 9.17) is 4.74 Å². The number of fused-ring (bicyclic) bond motifs is 1. The van der Waals surface area contributed by atoms with E-state index in [1.807, 2.05) is 36.4 Å². The molecule has 4 heteroatoms. The summed E-state index contributed by atoms with van der Waals surface area (Å²) in [5.41, 5.74) is 2.44. The van der Waals surface area contributed by atoms with Gasteiger partial charge in [-0.1, -0.05) is 24.3 Å². The van der Waals surface area contributed by atoms with E-state index in [1.165, 1.54) is 0 Å². The van der Waals surface area contributed by atoms with Crippen molar-refractivity contribution >= 4 is 16.8 Å². The molecule has 0 radical (unpaired) electrons. The second-order valence-corrected chi connectivity index (χ2v) is 4.89. The molecular formula is C18H16N2O2. The van der Waals surface area contributed by atoms with Crippen LogP contribution < -0.4 is 10.1 Å². The Kier molecular flexibility index (Phi) is 4.01. The van der Waals surface area contributed by atoms with Gasteiger partial charge >= 0.3 is 0 Å². The van der Waals surface area contributed by atoms with Crippen molar-refractivity contribution in [3.63, 3.8) is 0 Å². The maximum absolute atomic E-state index is 11.5. The highest BCUT2D eigenvalue weighted by Gasteiger charge is 2.03. The van der Waals surface area contributed by atoms with E-state index in [-0.39, 0.29) is 5.91 Å². The van der Waals surface area contributed by atoms with E-state index in [2.05, 4.69) is 10.3 Å². The minimum absolute atomic E-state index is 0.109. The fraction of sp³-hybridized carbons (Fsp3) is 0.111. The number of pyridine rings is 1. The lowest BCUT2D eigenvalue weighted by atomic mass is 10.2. The first kappa shape index (κ1) is 14.1. The molecule has 22 heavy (non-hydrogen) atoms. The number of ether oxygens (including phenoxy) is 1. The highest BCUT2D eigenvalue weighted by atomic mass is 16.5. The van der Waals surface area contributed by atoms with Crippen molar-refractivity contribution in [1.82, 2.24) is 10.3 Å². The number of hydrogen-bond acceptors (Lipinski definition) is 3. The lowest BCUT2D eigenvalue weighted by Gasteiger charge is -2.07. The first-order valence-corrected chi connectivity index (χ1v) is 7.06. The number of carbonyl (C=O) groups excluding carboxylic acids is 1. The van der Waals surface area contributed by atoms with Crippen LogP contribution in [-0.2, 0) is 6.61 Å². The molecular weight excluding hydrogens is 276 g/mol. The van der Waals surface area contributed by atoms with Crippen LogP contribution in [0.5, 0.6) is 5.75 Å². The Morgan fingerprint density at radius 2 is 1.82 bits per heavy atom. The number of nitrogens with zero attached hydrogens (tertiary/aromatic N) is 1. The molecule has 0 aliphatic carbocycles. The van der Waals surface area contributed by atoms with Gasteiger partial charge in [-0.2, -0.15) is 0 Å². The Labute approximate surface area is 128 Å². The summed E-state index contributed by atoms with van der Waals surface area (Å²) in [4.78, 5) is 16.0. The molecule has 0 aliphatic heterocycles. The Morgan fingerprint density at radius 1 is 1.05 bits per heavy atom. The first-order chi connectivity index (χ1) is 10.8. The monoisotopic (exact) mass is 292 g/mol. The first-order valence-electron chi connectivity index (χ1n) is 7.06. The minimum Gasteiger partial charge on any atom is -0.487 e. The van der Waals surface area contributed by atoms with Gasteiger partial charge in [0.15, 0.2) is 0 Å². The molecule has 0 aliphatic rings. The molecule has 3 aromatic rings. The van der Waals surface area contributed by atoms with Gasteiger partial charge < -0.3 is 10.1 Å². The van der Waals surface area contributed by atoms with Gasteiger partial charge in [0.25, 0.3) is 5.91 Å². The molecule has 0 saturated heterocycles. The zero-order valence-electron chi connectivity index (χ0n) is 12.2. The number of hydrogen-bond donors (Lipinski definition) is 1. The second kappa shape index (κ2) is 6.26. The molecule has 1 aromatic heterocycles. The summed E-state index contributed by atoms with van der Waals surface area (Å²) < 4.78 is 5.72. The highest BCUT2D eigenvalue weighted by Crippen LogP contribution is 2.16. The lowest BCUT2D eigenvalue weighted by molar-refractivity contribution is 0.0963. The molecule has 1 heterocycles. The Balaban J connectivity index is 1.69. The number of carbonyl (C=O) groups is 1. The van der Waals surface area contributed by atoms with Crippen LogP contribution in [0.2, 0.25) is 0 Å². The maximum Gasteiger partial charge on any atom is 0.251 e. The van der Waals surface area contributed by atoms with E-state index < -0.39 is 0 Å². The Hall–Kier alpha value is -2.88. The van der Waals surface area contributed by atoms with Crippen LogP contribution in [0.4, 0.5) is 0 Å². The van der Waals surface area contributed by atoms with Crippen molar-refractivity contribution < 1.29 is 9.53 Å². The molecule has 3 rings (SSSR count). The SMILES string of the molecule is CNC(=O)c1ccc(OCc2ccc3ccccc3n2)cc1. The summed E-state index contributed by atoms with van der Waals surface area (Å²) >= 11 is 0. The van der Waals surface area contributed by atoms with Crippen LogP contribution in [-0.4, -0.2) is 17.9 Å². The van der Waals surface area contributed by atoms with Crippen molar-refractivity contribution in [3.05, 3.63) is 71.9 Å². The lowest BCUT2D eigenvalue weighted by Crippen LogP contribution is -2.17. The van der Waals surface area contributed by atoms with E-state index in [0.717, 1.165) is 16.6 Å². The van der Waals surface area contributed by atoms with Crippen LogP contribution >= 0.6 is 0 Å². The molecule has 0 spiro atoms. The van der Waals surface area contributed by atoms with Crippen LogP contribution in [0, 0.1) is 0 Å². The van der Waals surface area contributed by atoms with Crippen LogP contribution in [0.15, 0.2) is 60.7 Å². The average molecular weight is 292 g/mol. The van der Waals surface area contributed by atoms with Crippen molar-refractivity contribution in [2.75, 3.05) is 7.05 Å². The quantitative estimate of drug-likeness (QED) is 0.803. The van der Waals surface area contributed by atoms with Gasteiger partial charge in [-0.3, -0.25) is 4.79 Å². The number of para-hydroxylation sites is 1. The van der Waals surface area contributed by atoms with Crippen molar-refractivity contribution in [3.8, 4) is 5.75 Å². The van der Waals surface area contributed by atoms with Crippen molar-refractivity contribution in [2.45, 2.75) is 6.61 Å². The van der Waals surface area contributed by atoms with Crippen molar-refractivity contribution in [2.24, 2.45) is 0 Å². The number of aromatic nitrogens is 1. The smallest absolute Gasteiger partial charge is 0.251 e. The minimum atomic E-state index is -0.109. The van der Waals surface area contributed by atoms with Gasteiger partial charge in [0.2, 0.25) is 0 Å². The number of benzene rings is 2. The largest absolute Gasteiger partial charge is 0.487 e. The molecule has 0 atom stereocenters. The Morgan fingerprint density at radius 3 is 2.59 bits per heavy atom. The fourth-order valence-corrected chi connectivity index (χ4v) is 2.19. The van der Waals surface area contributed by atoms with Crippen molar-refractivity contribution in [1.29, 1.82) is 0 Å². The van der Waals surface area contributed by atoms with E-state index in [0.29, 0.717) is 17.9 Å². The van der Waals surface area contributed by atoms with E-state index in [1.54, 1.807) is 31.3 Å². The summed E-state index contributed by atoms with van der Waals surface area (Å²) in [5.74, 6) is 0.602. The van der Waals surface area contributed by atoms with E-state index in [9.17, 15) is 4.79 Å².